The first-order chi connectivity index (χ1) is 7.85. The van der Waals surface area contributed by atoms with Crippen molar-refractivity contribution < 1.29 is 9.68 Å². The first-order valence-corrected chi connectivity index (χ1v) is 5.50. The molecule has 0 bridgehead atoms. The first-order valence-electron chi connectivity index (χ1n) is 5.50. The lowest BCUT2D eigenvalue weighted by Crippen LogP contribution is -2.47. The lowest BCUT2D eigenvalue weighted by atomic mass is 10.1. The van der Waals surface area contributed by atoms with Crippen LogP contribution in [-0.4, -0.2) is 44.0 Å². The fourth-order valence-electron chi connectivity index (χ4n) is 2.07. The Balaban J connectivity index is 2.15. The van der Waals surface area contributed by atoms with Crippen molar-refractivity contribution in [2.75, 3.05) is 33.9 Å². The van der Waals surface area contributed by atoms with Crippen molar-refractivity contribution in [1.82, 2.24) is 10.1 Å². The fourth-order valence-corrected chi connectivity index (χ4v) is 2.07. The van der Waals surface area contributed by atoms with E-state index >= 15 is 0 Å². The number of benzene rings is 1. The molecule has 1 fully saturated rings. The molecule has 0 amide bonds. The predicted molar refractivity (Wildman–Crippen MR) is 61.5 cm³/mol. The van der Waals surface area contributed by atoms with Crippen LogP contribution in [0.1, 0.15) is 11.6 Å². The van der Waals surface area contributed by atoms with Crippen molar-refractivity contribution in [3.63, 3.8) is 0 Å². The molecule has 0 N–H and O–H groups in total. The van der Waals surface area contributed by atoms with Gasteiger partial charge in [-0.3, -0.25) is 0 Å². The fraction of sp³-hybridized carbons (Fsp3) is 0.500. The van der Waals surface area contributed by atoms with Gasteiger partial charge in [0.25, 0.3) is 0 Å². The first kappa shape index (κ1) is 11.5. The summed E-state index contributed by atoms with van der Waals surface area (Å²) in [4.78, 5) is 10.7. The van der Waals surface area contributed by atoms with Crippen molar-refractivity contribution in [1.29, 1.82) is 0 Å². The summed E-state index contributed by atoms with van der Waals surface area (Å²) in [6.45, 7) is 2.55. The largest absolute Gasteiger partial charge is 0.302 e. The van der Waals surface area contributed by atoms with Crippen LogP contribution in [0, 0.1) is 0 Å². The standard InChI is InChI=1S/C12H18N2O2/c1-15-13-8-9-14(16-2)12(10-13)11-6-4-3-5-7-11/h3-7,12H,8-10H2,1-2H3. The molecule has 1 aliphatic rings. The molecular weight excluding hydrogens is 204 g/mol. The average Bonchev–Trinajstić information content (AvgIpc) is 2.39. The Labute approximate surface area is 96.3 Å². The highest BCUT2D eigenvalue weighted by Gasteiger charge is 2.28. The maximum absolute atomic E-state index is 5.40. The summed E-state index contributed by atoms with van der Waals surface area (Å²) < 4.78 is 0. The van der Waals surface area contributed by atoms with Gasteiger partial charge in [-0.1, -0.05) is 30.3 Å². The number of hydroxylamine groups is 4. The van der Waals surface area contributed by atoms with Crippen LogP contribution in [0.15, 0.2) is 30.3 Å². The molecule has 1 unspecified atom stereocenters. The average molecular weight is 222 g/mol. The van der Waals surface area contributed by atoms with Crippen LogP contribution in [0.25, 0.3) is 0 Å². The highest BCUT2D eigenvalue weighted by molar-refractivity contribution is 5.19. The van der Waals surface area contributed by atoms with Gasteiger partial charge in [-0.05, 0) is 5.56 Å². The molecule has 1 heterocycles. The summed E-state index contributed by atoms with van der Waals surface area (Å²) in [5.74, 6) is 0. The van der Waals surface area contributed by atoms with Gasteiger partial charge in [0, 0.05) is 19.6 Å². The Hall–Kier alpha value is -0.940. The Bertz CT molecular complexity index is 318. The van der Waals surface area contributed by atoms with Gasteiger partial charge in [-0.2, -0.15) is 10.1 Å². The smallest absolute Gasteiger partial charge is 0.0752 e. The van der Waals surface area contributed by atoms with Crippen LogP contribution >= 0.6 is 0 Å². The van der Waals surface area contributed by atoms with E-state index in [0.717, 1.165) is 19.6 Å². The zero-order valence-electron chi connectivity index (χ0n) is 9.80. The molecule has 0 saturated carbocycles. The van der Waals surface area contributed by atoms with E-state index in [2.05, 4.69) is 24.3 Å². The van der Waals surface area contributed by atoms with Crippen molar-refractivity contribution in [3.8, 4) is 0 Å². The van der Waals surface area contributed by atoms with Crippen LogP contribution in [0.2, 0.25) is 0 Å². The van der Waals surface area contributed by atoms with Gasteiger partial charge in [0.15, 0.2) is 0 Å². The molecule has 0 aromatic heterocycles. The molecule has 1 aromatic carbocycles. The Morgan fingerprint density at radius 2 is 1.81 bits per heavy atom. The van der Waals surface area contributed by atoms with Crippen LogP contribution in [-0.2, 0) is 9.68 Å². The molecular formula is C12H18N2O2. The van der Waals surface area contributed by atoms with Gasteiger partial charge in [0.05, 0.1) is 20.3 Å². The minimum Gasteiger partial charge on any atom is -0.302 e. The minimum absolute atomic E-state index is 0.236. The van der Waals surface area contributed by atoms with E-state index in [1.54, 1.807) is 14.2 Å². The Morgan fingerprint density at radius 3 is 2.44 bits per heavy atom. The Morgan fingerprint density at radius 1 is 1.06 bits per heavy atom. The quantitative estimate of drug-likeness (QED) is 0.773. The summed E-state index contributed by atoms with van der Waals surface area (Å²) in [5, 5.41) is 3.97. The number of nitrogens with zero attached hydrogens (tertiary/aromatic N) is 2. The van der Waals surface area contributed by atoms with E-state index < -0.39 is 0 Å². The van der Waals surface area contributed by atoms with Crippen LogP contribution in [0.5, 0.6) is 0 Å². The second-order valence-corrected chi connectivity index (χ2v) is 3.82. The Kier molecular flexibility index (Phi) is 3.90. The van der Waals surface area contributed by atoms with Crippen molar-refractivity contribution in [3.05, 3.63) is 35.9 Å². The van der Waals surface area contributed by atoms with Crippen molar-refractivity contribution >= 4 is 0 Å². The SMILES string of the molecule is CON1CCN(OC)C(c2ccccc2)C1. The molecule has 1 aromatic rings. The topological polar surface area (TPSA) is 24.9 Å². The van der Waals surface area contributed by atoms with Crippen molar-refractivity contribution in [2.45, 2.75) is 6.04 Å². The number of rotatable bonds is 3. The monoisotopic (exact) mass is 222 g/mol. The maximum atomic E-state index is 5.40. The summed E-state index contributed by atoms with van der Waals surface area (Å²) in [5.41, 5.74) is 1.26. The lowest BCUT2D eigenvalue weighted by molar-refractivity contribution is -0.242. The van der Waals surface area contributed by atoms with Crippen LogP contribution < -0.4 is 0 Å². The molecule has 2 rings (SSSR count). The second kappa shape index (κ2) is 5.41. The van der Waals surface area contributed by atoms with Crippen LogP contribution in [0.4, 0.5) is 0 Å². The predicted octanol–water partition coefficient (Wildman–Crippen LogP) is 1.47. The molecule has 0 radical (unpaired) electrons. The number of piperazine rings is 1. The van der Waals surface area contributed by atoms with E-state index in [9.17, 15) is 0 Å². The summed E-state index contributed by atoms with van der Waals surface area (Å²) in [7, 11) is 3.43. The van der Waals surface area contributed by atoms with Gasteiger partial charge >= 0.3 is 0 Å². The highest BCUT2D eigenvalue weighted by atomic mass is 16.7. The third-order valence-electron chi connectivity index (χ3n) is 2.97. The number of hydrogen-bond donors (Lipinski definition) is 0. The van der Waals surface area contributed by atoms with E-state index in [1.807, 2.05) is 16.2 Å². The summed E-state index contributed by atoms with van der Waals surface area (Å²) in [6.07, 6.45) is 0. The maximum Gasteiger partial charge on any atom is 0.0752 e. The van der Waals surface area contributed by atoms with Gasteiger partial charge in [-0.25, -0.2) is 0 Å². The van der Waals surface area contributed by atoms with Gasteiger partial charge in [0.1, 0.15) is 0 Å². The molecule has 1 saturated heterocycles. The van der Waals surface area contributed by atoms with E-state index in [4.69, 9.17) is 9.68 Å². The van der Waals surface area contributed by atoms with Crippen molar-refractivity contribution in [2.24, 2.45) is 0 Å². The summed E-state index contributed by atoms with van der Waals surface area (Å²) >= 11 is 0. The molecule has 4 nitrogen and oxygen atoms in total. The second-order valence-electron chi connectivity index (χ2n) is 3.82. The lowest BCUT2D eigenvalue weighted by Gasteiger charge is -2.38. The molecule has 0 aliphatic carbocycles. The van der Waals surface area contributed by atoms with Gasteiger partial charge in [-0.15, -0.1) is 0 Å². The normalized spacial score (nSPS) is 23.5. The van der Waals surface area contributed by atoms with E-state index in [-0.39, 0.29) is 6.04 Å². The van der Waals surface area contributed by atoms with Gasteiger partial charge in [0.2, 0.25) is 0 Å². The molecule has 1 aliphatic heterocycles. The molecule has 1 atom stereocenters. The van der Waals surface area contributed by atoms with Crippen LogP contribution in [0.3, 0.4) is 0 Å². The third kappa shape index (κ3) is 2.41. The van der Waals surface area contributed by atoms with E-state index in [1.165, 1.54) is 5.56 Å². The zero-order chi connectivity index (χ0) is 11.4. The molecule has 4 heteroatoms. The molecule has 88 valence electrons. The van der Waals surface area contributed by atoms with Gasteiger partial charge < -0.3 is 9.68 Å². The number of hydrogen-bond acceptors (Lipinski definition) is 4. The minimum atomic E-state index is 0.236. The van der Waals surface area contributed by atoms with E-state index in [0.29, 0.717) is 0 Å². The molecule has 0 spiro atoms. The highest BCUT2D eigenvalue weighted by Crippen LogP contribution is 2.24. The zero-order valence-corrected chi connectivity index (χ0v) is 9.80. The molecule has 16 heavy (non-hydrogen) atoms. The summed E-state index contributed by atoms with van der Waals surface area (Å²) in [6, 6.07) is 10.6. The third-order valence-corrected chi connectivity index (χ3v) is 2.97.